The molecule has 0 unspecified atom stereocenters. The molecule has 3 aromatic rings. The third-order valence-corrected chi connectivity index (χ3v) is 6.58. The maximum atomic E-state index is 4.96. The highest BCUT2D eigenvalue weighted by atomic mass is 32.1. The van der Waals surface area contributed by atoms with Crippen molar-refractivity contribution in [2.75, 3.05) is 18.5 Å². The molecule has 0 bridgehead atoms. The van der Waals surface area contributed by atoms with E-state index in [1.165, 1.54) is 10.4 Å². The van der Waals surface area contributed by atoms with Gasteiger partial charge in [-0.1, -0.05) is 39.0 Å². The number of hydrogen-bond donors (Lipinski definition) is 0. The minimum absolute atomic E-state index is 0.508. The molecule has 0 aliphatic rings. The SMILES string of the molecule is CCC(CC)c1cc(C)nn2c(-c3sc(N(C)CC(C)C)nc3C)c(C)nc12. The molecular formula is C22H33N5S. The molecule has 152 valence electrons. The molecule has 0 radical (unpaired) electrons. The second-order valence-corrected chi connectivity index (χ2v) is 9.20. The molecule has 0 saturated heterocycles. The van der Waals surface area contributed by atoms with E-state index in [1.807, 2.05) is 0 Å². The number of imidazole rings is 1. The molecule has 0 spiro atoms. The first-order chi connectivity index (χ1) is 13.3. The van der Waals surface area contributed by atoms with Gasteiger partial charge in [0.25, 0.3) is 0 Å². The zero-order chi connectivity index (χ0) is 20.6. The Bertz CT molecular complexity index is 965. The standard InChI is InChI=1S/C22H33N5S/c1-9-17(10-2)18-11-14(5)25-27-19(15(6)23-21(18)27)20-16(7)24-22(28-20)26(8)12-13(3)4/h11,13,17H,9-10,12H2,1-8H3. The van der Waals surface area contributed by atoms with Crippen LogP contribution in [0.3, 0.4) is 0 Å². The van der Waals surface area contributed by atoms with E-state index in [0.29, 0.717) is 11.8 Å². The maximum absolute atomic E-state index is 4.96. The van der Waals surface area contributed by atoms with Crippen LogP contribution in [0.5, 0.6) is 0 Å². The molecule has 3 rings (SSSR count). The molecule has 0 aliphatic heterocycles. The van der Waals surface area contributed by atoms with E-state index in [-0.39, 0.29) is 0 Å². The number of hydrogen-bond acceptors (Lipinski definition) is 5. The maximum Gasteiger partial charge on any atom is 0.185 e. The van der Waals surface area contributed by atoms with Gasteiger partial charge in [-0.3, -0.25) is 0 Å². The van der Waals surface area contributed by atoms with Gasteiger partial charge in [0, 0.05) is 19.2 Å². The van der Waals surface area contributed by atoms with Crippen molar-refractivity contribution < 1.29 is 0 Å². The molecule has 6 heteroatoms. The summed E-state index contributed by atoms with van der Waals surface area (Å²) in [6.45, 7) is 16.2. The molecule has 0 aromatic carbocycles. The van der Waals surface area contributed by atoms with Crippen molar-refractivity contribution in [2.24, 2.45) is 5.92 Å². The van der Waals surface area contributed by atoms with E-state index in [4.69, 9.17) is 15.1 Å². The van der Waals surface area contributed by atoms with Crippen molar-refractivity contribution in [1.82, 2.24) is 19.6 Å². The average molecular weight is 400 g/mol. The van der Waals surface area contributed by atoms with Crippen LogP contribution >= 0.6 is 11.3 Å². The molecule has 3 heterocycles. The van der Waals surface area contributed by atoms with Gasteiger partial charge >= 0.3 is 0 Å². The molecular weight excluding hydrogens is 366 g/mol. The summed E-state index contributed by atoms with van der Waals surface area (Å²) in [5, 5.41) is 5.91. The Hall–Kier alpha value is -1.95. The molecule has 5 nitrogen and oxygen atoms in total. The predicted octanol–water partition coefficient (Wildman–Crippen LogP) is 5.77. The Balaban J connectivity index is 2.17. The first kappa shape index (κ1) is 20.8. The fourth-order valence-electron chi connectivity index (χ4n) is 3.96. The Morgan fingerprint density at radius 1 is 1.07 bits per heavy atom. The lowest BCUT2D eigenvalue weighted by Crippen LogP contribution is -2.22. The van der Waals surface area contributed by atoms with Crippen LogP contribution in [0.1, 0.15) is 69.1 Å². The second-order valence-electron chi connectivity index (χ2n) is 8.22. The Morgan fingerprint density at radius 3 is 2.36 bits per heavy atom. The highest BCUT2D eigenvalue weighted by Crippen LogP contribution is 2.38. The number of nitrogens with zero attached hydrogens (tertiary/aromatic N) is 5. The third kappa shape index (κ3) is 3.79. The molecule has 3 aromatic heterocycles. The van der Waals surface area contributed by atoms with Crippen LogP contribution in [0.4, 0.5) is 5.13 Å². The highest BCUT2D eigenvalue weighted by molar-refractivity contribution is 7.19. The van der Waals surface area contributed by atoms with Crippen LogP contribution in [-0.4, -0.2) is 33.2 Å². The predicted molar refractivity (Wildman–Crippen MR) is 120 cm³/mol. The zero-order valence-corrected chi connectivity index (χ0v) is 19.3. The van der Waals surface area contributed by atoms with Gasteiger partial charge in [-0.2, -0.15) is 5.10 Å². The second kappa shape index (κ2) is 8.19. The van der Waals surface area contributed by atoms with Crippen molar-refractivity contribution in [3.05, 3.63) is 28.7 Å². The quantitative estimate of drug-likeness (QED) is 0.506. The fraction of sp³-hybridized carbons (Fsp3) is 0.591. The van der Waals surface area contributed by atoms with Gasteiger partial charge in [0.1, 0.15) is 5.69 Å². The minimum Gasteiger partial charge on any atom is -0.351 e. The van der Waals surface area contributed by atoms with Crippen LogP contribution in [0.2, 0.25) is 0 Å². The monoisotopic (exact) mass is 399 g/mol. The van der Waals surface area contributed by atoms with Gasteiger partial charge in [-0.15, -0.1) is 0 Å². The number of thiazole rings is 1. The number of aromatic nitrogens is 4. The summed E-state index contributed by atoms with van der Waals surface area (Å²) in [5.41, 5.74) is 6.50. The van der Waals surface area contributed by atoms with Crippen molar-refractivity contribution in [3.63, 3.8) is 0 Å². The highest BCUT2D eigenvalue weighted by Gasteiger charge is 2.23. The van der Waals surface area contributed by atoms with Gasteiger partial charge in [0.15, 0.2) is 10.8 Å². The summed E-state index contributed by atoms with van der Waals surface area (Å²) in [6, 6.07) is 2.21. The number of anilines is 1. The first-order valence-corrected chi connectivity index (χ1v) is 11.1. The van der Waals surface area contributed by atoms with Crippen molar-refractivity contribution in [1.29, 1.82) is 0 Å². The average Bonchev–Trinajstić information content (AvgIpc) is 3.14. The van der Waals surface area contributed by atoms with Gasteiger partial charge in [0.2, 0.25) is 0 Å². The third-order valence-electron chi connectivity index (χ3n) is 5.30. The summed E-state index contributed by atoms with van der Waals surface area (Å²) in [5.74, 6) is 1.11. The summed E-state index contributed by atoms with van der Waals surface area (Å²) in [4.78, 5) is 13.2. The van der Waals surface area contributed by atoms with E-state index in [9.17, 15) is 0 Å². The van der Waals surface area contributed by atoms with Gasteiger partial charge < -0.3 is 4.90 Å². The lowest BCUT2D eigenvalue weighted by molar-refractivity contribution is 0.637. The molecule has 0 aliphatic carbocycles. The van der Waals surface area contributed by atoms with E-state index < -0.39 is 0 Å². The van der Waals surface area contributed by atoms with Crippen molar-refractivity contribution in [3.8, 4) is 10.6 Å². The van der Waals surface area contributed by atoms with Crippen LogP contribution in [0, 0.1) is 26.7 Å². The fourth-order valence-corrected chi connectivity index (χ4v) is 5.08. The molecule has 0 N–H and O–H groups in total. The van der Waals surface area contributed by atoms with Crippen LogP contribution in [-0.2, 0) is 0 Å². The summed E-state index contributed by atoms with van der Waals surface area (Å²) in [6.07, 6.45) is 2.22. The molecule has 28 heavy (non-hydrogen) atoms. The van der Waals surface area contributed by atoms with E-state index in [2.05, 4.69) is 71.0 Å². The van der Waals surface area contributed by atoms with E-state index in [1.54, 1.807) is 11.3 Å². The Kier molecular flexibility index (Phi) is 6.08. The summed E-state index contributed by atoms with van der Waals surface area (Å²) in [7, 11) is 2.12. The summed E-state index contributed by atoms with van der Waals surface area (Å²) >= 11 is 1.74. The number of fused-ring (bicyclic) bond motifs is 1. The smallest absolute Gasteiger partial charge is 0.185 e. The topological polar surface area (TPSA) is 46.3 Å². The van der Waals surface area contributed by atoms with Gasteiger partial charge in [0.05, 0.1) is 22.0 Å². The number of rotatable bonds is 7. The van der Waals surface area contributed by atoms with Gasteiger partial charge in [-0.25, -0.2) is 14.5 Å². The molecule has 0 atom stereocenters. The van der Waals surface area contributed by atoms with E-state index >= 15 is 0 Å². The van der Waals surface area contributed by atoms with Crippen molar-refractivity contribution >= 4 is 22.1 Å². The molecule has 0 amide bonds. The minimum atomic E-state index is 0.508. The Labute approximate surface area is 172 Å². The van der Waals surface area contributed by atoms with Gasteiger partial charge in [-0.05, 0) is 51.5 Å². The number of aryl methyl sites for hydroxylation is 3. The first-order valence-electron chi connectivity index (χ1n) is 10.3. The lowest BCUT2D eigenvalue weighted by atomic mass is 9.95. The van der Waals surface area contributed by atoms with Crippen LogP contribution < -0.4 is 4.90 Å². The summed E-state index contributed by atoms with van der Waals surface area (Å²) < 4.78 is 2.06. The normalized spacial score (nSPS) is 11.9. The lowest BCUT2D eigenvalue weighted by Gasteiger charge is -2.17. The molecule has 0 fully saturated rings. The van der Waals surface area contributed by atoms with Crippen molar-refractivity contribution in [2.45, 2.75) is 67.2 Å². The zero-order valence-electron chi connectivity index (χ0n) is 18.5. The van der Waals surface area contributed by atoms with E-state index in [0.717, 1.165) is 52.9 Å². The van der Waals surface area contributed by atoms with Crippen LogP contribution in [0.15, 0.2) is 6.07 Å². The largest absolute Gasteiger partial charge is 0.351 e. The van der Waals surface area contributed by atoms with Crippen LogP contribution in [0.25, 0.3) is 16.2 Å². The Morgan fingerprint density at radius 2 is 1.75 bits per heavy atom. The molecule has 0 saturated carbocycles.